The Morgan fingerprint density at radius 2 is 1.82 bits per heavy atom. The van der Waals surface area contributed by atoms with Crippen molar-refractivity contribution in [1.82, 2.24) is 10.6 Å². The van der Waals surface area contributed by atoms with Crippen molar-refractivity contribution in [3.05, 3.63) is 53.1 Å². The highest BCUT2D eigenvalue weighted by molar-refractivity contribution is 7.98. The van der Waals surface area contributed by atoms with Gasteiger partial charge in [0.15, 0.2) is 0 Å². The summed E-state index contributed by atoms with van der Waals surface area (Å²) in [5.74, 6) is 1.45. The van der Waals surface area contributed by atoms with Crippen LogP contribution in [0.4, 0.5) is 0 Å². The first-order valence-corrected chi connectivity index (χ1v) is 15.7. The molecule has 0 spiro atoms. The Morgan fingerprint density at radius 1 is 1.08 bits per heavy atom. The minimum absolute atomic E-state index is 0.314. The van der Waals surface area contributed by atoms with Crippen molar-refractivity contribution in [2.75, 3.05) is 26.2 Å². The number of ether oxygens (including phenoxy) is 2. The van der Waals surface area contributed by atoms with E-state index in [2.05, 4.69) is 23.6 Å². The molecule has 0 saturated heterocycles. The van der Waals surface area contributed by atoms with Crippen molar-refractivity contribution >= 4 is 23.6 Å². The molecule has 0 radical (unpaired) electrons. The van der Waals surface area contributed by atoms with Crippen molar-refractivity contribution in [2.24, 2.45) is 5.92 Å². The molecule has 0 unspecified atom stereocenters. The number of carbonyl (C=O) groups excluding carboxylic acids is 2. The van der Waals surface area contributed by atoms with E-state index in [1.807, 2.05) is 43.5 Å². The predicted octanol–water partition coefficient (Wildman–Crippen LogP) is 6.53. The topological polar surface area (TPSA) is 76.7 Å². The van der Waals surface area contributed by atoms with E-state index in [0.717, 1.165) is 40.3 Å². The van der Waals surface area contributed by atoms with E-state index in [-0.39, 0.29) is 5.91 Å². The van der Waals surface area contributed by atoms with Gasteiger partial charge >= 0.3 is 5.97 Å². The van der Waals surface area contributed by atoms with Gasteiger partial charge in [-0.3, -0.25) is 4.79 Å². The van der Waals surface area contributed by atoms with E-state index in [0.29, 0.717) is 30.3 Å². The second-order valence-corrected chi connectivity index (χ2v) is 11.6. The molecule has 1 amide bonds. The fourth-order valence-electron chi connectivity index (χ4n) is 5.58. The Labute approximate surface area is 239 Å². The summed E-state index contributed by atoms with van der Waals surface area (Å²) in [7, 11) is 2.99. The Kier molecular flexibility index (Phi) is 12.7. The molecule has 1 aliphatic carbocycles. The lowest BCUT2D eigenvalue weighted by molar-refractivity contribution is -0.142. The maximum Gasteiger partial charge on any atom is 0.328 e. The monoisotopic (exact) mass is 554 g/mol. The fourth-order valence-corrected chi connectivity index (χ4v) is 6.05. The molecule has 2 aromatic carbocycles. The molecule has 2 atom stereocenters. The van der Waals surface area contributed by atoms with Crippen molar-refractivity contribution in [3.8, 4) is 16.9 Å². The van der Waals surface area contributed by atoms with Gasteiger partial charge in [0.05, 0.1) is 19.8 Å². The number of benzene rings is 2. The zero-order valence-electron chi connectivity index (χ0n) is 24.3. The number of carbonyl (C=O) groups is 2. The van der Waals surface area contributed by atoms with Crippen LogP contribution < -0.4 is 15.4 Å². The van der Waals surface area contributed by atoms with Crippen molar-refractivity contribution in [1.29, 1.82) is 0 Å². The summed E-state index contributed by atoms with van der Waals surface area (Å²) in [4.78, 5) is 26.1. The number of hydrogen-bond donors (Lipinski definition) is 2. The van der Waals surface area contributed by atoms with Gasteiger partial charge < -0.3 is 20.1 Å². The van der Waals surface area contributed by atoms with E-state index in [9.17, 15) is 9.59 Å². The first kappa shape index (κ1) is 31.0. The summed E-state index contributed by atoms with van der Waals surface area (Å²) < 4.78 is 10.8. The predicted molar refractivity (Wildman–Crippen MR) is 162 cm³/mol. The van der Waals surface area contributed by atoms with E-state index in [1.54, 1.807) is 18.9 Å². The van der Waals surface area contributed by atoms with Crippen LogP contribution in [-0.4, -0.2) is 50.2 Å². The average molecular weight is 555 g/mol. The normalized spacial score (nSPS) is 15.4. The van der Waals surface area contributed by atoms with Crippen LogP contribution in [0.25, 0.3) is 11.1 Å². The number of methoxy groups -OCH3 is 2. The quantitative estimate of drug-likeness (QED) is 0.259. The van der Waals surface area contributed by atoms with Crippen LogP contribution >= 0.6 is 11.8 Å². The second kappa shape index (κ2) is 15.9. The van der Waals surface area contributed by atoms with Crippen molar-refractivity contribution in [2.45, 2.75) is 83.8 Å². The Hall–Kier alpha value is -2.51. The largest absolute Gasteiger partial charge is 0.496 e. The second-order valence-electron chi connectivity index (χ2n) is 10.6. The molecule has 6 nitrogen and oxygen atoms in total. The number of hydrogen-bond acceptors (Lipinski definition) is 6. The molecule has 2 N–H and O–H groups in total. The summed E-state index contributed by atoms with van der Waals surface area (Å²) in [5, 5.41) is 6.71. The molecule has 1 saturated carbocycles. The molecule has 2 aromatic rings. The van der Waals surface area contributed by atoms with Crippen LogP contribution in [-0.2, 0) is 16.1 Å². The SMILES string of the molecule is CC[C@H](CC1CCCCC1)NCc1cc(-c2ccccc2C)c(C(=O)N[C@@H](CCSC)C(=O)OC)cc1OC. The van der Waals surface area contributed by atoms with Crippen LogP contribution in [0.1, 0.15) is 79.8 Å². The van der Waals surface area contributed by atoms with Gasteiger partial charge in [-0.05, 0) is 72.9 Å². The molecule has 7 heteroatoms. The minimum atomic E-state index is -0.711. The van der Waals surface area contributed by atoms with Gasteiger partial charge in [0.2, 0.25) is 0 Å². The standard InChI is InChI=1S/C32H46N2O4S/c1-6-25(18-23-13-8-7-9-14-23)33-21-24-19-27(26-15-11-10-12-22(26)2)28(20-30(24)37-3)31(35)34-29(16-17-39-5)32(36)38-4/h10-12,15,19-20,23,25,29,33H,6-9,13-14,16-18,21H2,1-5H3,(H,34,35)/t25-,29+/m1/s1. The maximum atomic E-state index is 13.7. The van der Waals surface area contributed by atoms with Gasteiger partial charge in [-0.1, -0.05) is 63.3 Å². The average Bonchev–Trinajstić information content (AvgIpc) is 2.97. The fraction of sp³-hybridized carbons (Fsp3) is 0.562. The molecule has 1 fully saturated rings. The molecule has 214 valence electrons. The Morgan fingerprint density at radius 3 is 2.46 bits per heavy atom. The molecule has 0 aromatic heterocycles. The lowest BCUT2D eigenvalue weighted by atomic mass is 9.84. The molecule has 0 aliphatic heterocycles. The van der Waals surface area contributed by atoms with Crippen molar-refractivity contribution < 1.29 is 19.1 Å². The van der Waals surface area contributed by atoms with E-state index >= 15 is 0 Å². The van der Waals surface area contributed by atoms with Crippen LogP contribution in [0.5, 0.6) is 5.75 Å². The maximum absolute atomic E-state index is 13.7. The summed E-state index contributed by atoms with van der Waals surface area (Å²) >= 11 is 1.62. The zero-order chi connectivity index (χ0) is 28.2. The van der Waals surface area contributed by atoms with Crippen molar-refractivity contribution in [3.63, 3.8) is 0 Å². The zero-order valence-corrected chi connectivity index (χ0v) is 25.1. The highest BCUT2D eigenvalue weighted by Crippen LogP contribution is 2.34. The van der Waals surface area contributed by atoms with Gasteiger partial charge in [0, 0.05) is 18.2 Å². The van der Waals surface area contributed by atoms with Gasteiger partial charge in [0.25, 0.3) is 5.91 Å². The highest BCUT2D eigenvalue weighted by atomic mass is 32.2. The lowest BCUT2D eigenvalue weighted by Gasteiger charge is -2.27. The summed E-state index contributed by atoms with van der Waals surface area (Å²) in [6.45, 7) is 4.96. The third-order valence-corrected chi connectivity index (χ3v) is 8.56. The number of aryl methyl sites for hydroxylation is 1. The first-order valence-electron chi connectivity index (χ1n) is 14.3. The minimum Gasteiger partial charge on any atom is -0.496 e. The molecular weight excluding hydrogens is 508 g/mol. The van der Waals surface area contributed by atoms with Crippen LogP contribution in [0.15, 0.2) is 36.4 Å². The third kappa shape index (κ3) is 8.74. The smallest absolute Gasteiger partial charge is 0.328 e. The van der Waals surface area contributed by atoms with Gasteiger partial charge in [-0.25, -0.2) is 4.79 Å². The molecule has 3 rings (SSSR count). The number of thioether (sulfide) groups is 1. The van der Waals surface area contributed by atoms with Crippen LogP contribution in [0.3, 0.4) is 0 Å². The Bertz CT molecular complexity index is 1080. The number of nitrogens with one attached hydrogen (secondary N) is 2. The molecule has 39 heavy (non-hydrogen) atoms. The van der Waals surface area contributed by atoms with Crippen LogP contribution in [0.2, 0.25) is 0 Å². The van der Waals surface area contributed by atoms with E-state index < -0.39 is 12.0 Å². The van der Waals surface area contributed by atoms with Gasteiger partial charge in [-0.15, -0.1) is 0 Å². The van der Waals surface area contributed by atoms with E-state index in [4.69, 9.17) is 9.47 Å². The van der Waals surface area contributed by atoms with Crippen LogP contribution in [0, 0.1) is 12.8 Å². The highest BCUT2D eigenvalue weighted by Gasteiger charge is 2.25. The molecule has 0 heterocycles. The number of amides is 1. The van der Waals surface area contributed by atoms with E-state index in [1.165, 1.54) is 45.6 Å². The first-order chi connectivity index (χ1) is 18.9. The number of esters is 1. The number of rotatable bonds is 14. The molecule has 1 aliphatic rings. The van der Waals surface area contributed by atoms with Gasteiger partial charge in [0.1, 0.15) is 11.8 Å². The third-order valence-electron chi connectivity index (χ3n) is 7.92. The van der Waals surface area contributed by atoms with Gasteiger partial charge in [-0.2, -0.15) is 11.8 Å². The Balaban J connectivity index is 1.92. The molecular formula is C32H46N2O4S. The summed E-state index contributed by atoms with van der Waals surface area (Å²) in [6.07, 6.45) is 11.5. The summed E-state index contributed by atoms with van der Waals surface area (Å²) in [5.41, 5.74) is 4.39. The molecule has 0 bridgehead atoms. The lowest BCUT2D eigenvalue weighted by Crippen LogP contribution is -2.42. The summed E-state index contributed by atoms with van der Waals surface area (Å²) in [6, 6.07) is 11.7.